The van der Waals surface area contributed by atoms with E-state index in [2.05, 4.69) is 65.6 Å². The predicted molar refractivity (Wildman–Crippen MR) is 115 cm³/mol. The van der Waals surface area contributed by atoms with Gasteiger partial charge in [-0.15, -0.1) is 0 Å². The lowest BCUT2D eigenvalue weighted by Crippen LogP contribution is -2.65. The van der Waals surface area contributed by atoms with Crippen molar-refractivity contribution in [1.82, 2.24) is 14.4 Å². The lowest BCUT2D eigenvalue weighted by Gasteiger charge is -2.52. The van der Waals surface area contributed by atoms with Crippen LogP contribution >= 0.6 is 0 Å². The van der Waals surface area contributed by atoms with Crippen LogP contribution in [0.3, 0.4) is 0 Å². The van der Waals surface area contributed by atoms with E-state index in [0.717, 1.165) is 32.5 Å². The minimum absolute atomic E-state index is 0.191. The Balaban J connectivity index is 1.39. The van der Waals surface area contributed by atoms with E-state index in [9.17, 15) is 4.79 Å². The standard InChI is InChI=1S/C24H33N3O2/c1-16(2)21-15-29-22-10-11-26(13-18-8-9-23(28)27(21)24(18)22)14-19-12-17-6-4-5-7-20(17)25(19)3/h4-7,12,16,18,21-22,24H,8-11,13-15H2,1-3H3/t18-,21-,22-,24?/m1/s1. The molecule has 156 valence electrons. The number of rotatable bonds is 3. The second kappa shape index (κ2) is 7.44. The van der Waals surface area contributed by atoms with Crippen molar-refractivity contribution in [2.24, 2.45) is 18.9 Å². The van der Waals surface area contributed by atoms with Gasteiger partial charge in [0.05, 0.1) is 24.8 Å². The van der Waals surface area contributed by atoms with E-state index in [1.165, 1.54) is 16.6 Å². The number of benzene rings is 1. The van der Waals surface area contributed by atoms with Gasteiger partial charge >= 0.3 is 0 Å². The summed E-state index contributed by atoms with van der Waals surface area (Å²) in [4.78, 5) is 17.7. The number of carbonyl (C=O) groups is 1. The molecule has 3 aliphatic heterocycles. The largest absolute Gasteiger partial charge is 0.374 e. The van der Waals surface area contributed by atoms with E-state index >= 15 is 0 Å². The highest BCUT2D eigenvalue weighted by atomic mass is 16.5. The van der Waals surface area contributed by atoms with E-state index in [0.29, 0.717) is 30.8 Å². The number of carbonyl (C=O) groups excluding carboxylic acids is 1. The first-order valence-corrected chi connectivity index (χ1v) is 11.2. The molecule has 0 saturated carbocycles. The van der Waals surface area contributed by atoms with Crippen molar-refractivity contribution >= 4 is 16.8 Å². The third-order valence-electron chi connectivity index (χ3n) is 7.47. The number of amides is 1. The number of piperidine rings is 1. The van der Waals surface area contributed by atoms with Crippen LogP contribution < -0.4 is 0 Å². The average molecular weight is 396 g/mol. The van der Waals surface area contributed by atoms with E-state index in [4.69, 9.17) is 4.74 Å². The van der Waals surface area contributed by atoms with Crippen molar-refractivity contribution in [3.63, 3.8) is 0 Å². The molecular weight excluding hydrogens is 362 g/mol. The van der Waals surface area contributed by atoms with Crippen LogP contribution in [0.1, 0.15) is 38.8 Å². The number of aromatic nitrogens is 1. The molecule has 0 bridgehead atoms. The minimum Gasteiger partial charge on any atom is -0.374 e. The number of hydrogen-bond acceptors (Lipinski definition) is 3. The van der Waals surface area contributed by atoms with Gasteiger partial charge in [0.15, 0.2) is 0 Å². The highest BCUT2D eigenvalue weighted by molar-refractivity contribution is 5.81. The lowest BCUT2D eigenvalue weighted by molar-refractivity contribution is -0.172. The van der Waals surface area contributed by atoms with Gasteiger partial charge in [-0.2, -0.15) is 0 Å². The van der Waals surface area contributed by atoms with Crippen LogP contribution in [0.2, 0.25) is 0 Å². The first kappa shape index (κ1) is 19.1. The molecule has 1 aromatic heterocycles. The summed E-state index contributed by atoms with van der Waals surface area (Å²) in [6.45, 7) is 8.18. The molecule has 4 heterocycles. The van der Waals surface area contributed by atoms with E-state index in [-0.39, 0.29) is 18.2 Å². The number of morpholine rings is 1. The summed E-state index contributed by atoms with van der Waals surface area (Å²) in [6, 6.07) is 11.4. The summed E-state index contributed by atoms with van der Waals surface area (Å²) < 4.78 is 8.69. The van der Waals surface area contributed by atoms with Crippen molar-refractivity contribution in [3.05, 3.63) is 36.0 Å². The number of aryl methyl sites for hydroxylation is 1. The molecule has 29 heavy (non-hydrogen) atoms. The molecule has 1 unspecified atom stereocenters. The molecule has 2 aromatic rings. The van der Waals surface area contributed by atoms with Crippen LogP contribution in [-0.4, -0.2) is 58.2 Å². The first-order chi connectivity index (χ1) is 14.0. The fourth-order valence-corrected chi connectivity index (χ4v) is 5.86. The number of hydrogen-bond donors (Lipinski definition) is 0. The number of fused-ring (bicyclic) bond motifs is 1. The molecule has 5 rings (SSSR count). The molecule has 5 heteroatoms. The van der Waals surface area contributed by atoms with Crippen molar-refractivity contribution in [1.29, 1.82) is 0 Å². The first-order valence-electron chi connectivity index (χ1n) is 11.2. The van der Waals surface area contributed by atoms with E-state index in [1.807, 2.05) is 0 Å². The molecule has 0 aliphatic carbocycles. The minimum atomic E-state index is 0.191. The Morgan fingerprint density at radius 3 is 2.83 bits per heavy atom. The normalized spacial score (nSPS) is 30.6. The Hall–Kier alpha value is -1.85. The zero-order chi connectivity index (χ0) is 20.1. The van der Waals surface area contributed by atoms with Crippen LogP contribution in [0.15, 0.2) is 30.3 Å². The molecule has 4 atom stereocenters. The third kappa shape index (κ3) is 3.28. The molecule has 3 fully saturated rings. The second-order valence-electron chi connectivity index (χ2n) is 9.55. The fraction of sp³-hybridized carbons (Fsp3) is 0.625. The van der Waals surface area contributed by atoms with Gasteiger partial charge in [-0.1, -0.05) is 32.0 Å². The summed E-state index contributed by atoms with van der Waals surface area (Å²) in [5.74, 6) is 1.30. The quantitative estimate of drug-likeness (QED) is 0.799. The summed E-state index contributed by atoms with van der Waals surface area (Å²) in [6.07, 6.45) is 2.89. The number of ether oxygens (including phenoxy) is 1. The summed E-state index contributed by atoms with van der Waals surface area (Å²) >= 11 is 0. The van der Waals surface area contributed by atoms with Crippen LogP contribution in [0, 0.1) is 11.8 Å². The SMILES string of the molecule is CC(C)[C@H]1CO[C@@H]2CCN(Cc3cc4ccccc4n3C)C[C@H]3CCC(=O)N1C32. The van der Waals surface area contributed by atoms with Crippen LogP contribution in [0.25, 0.3) is 10.9 Å². The number of likely N-dealkylation sites (tertiary alicyclic amines) is 1. The maximum absolute atomic E-state index is 12.9. The van der Waals surface area contributed by atoms with Crippen molar-refractivity contribution < 1.29 is 9.53 Å². The Labute approximate surface area is 173 Å². The Morgan fingerprint density at radius 1 is 1.21 bits per heavy atom. The van der Waals surface area contributed by atoms with Gasteiger partial charge in [0.1, 0.15) is 0 Å². The Kier molecular flexibility index (Phi) is 4.91. The number of para-hydroxylation sites is 1. The maximum atomic E-state index is 12.9. The van der Waals surface area contributed by atoms with Crippen LogP contribution in [-0.2, 0) is 23.1 Å². The molecule has 0 N–H and O–H groups in total. The van der Waals surface area contributed by atoms with E-state index < -0.39 is 0 Å². The molecule has 3 aliphatic rings. The highest BCUT2D eigenvalue weighted by Crippen LogP contribution is 2.38. The summed E-state index contributed by atoms with van der Waals surface area (Å²) in [5.41, 5.74) is 2.66. The summed E-state index contributed by atoms with van der Waals surface area (Å²) in [5, 5.41) is 1.31. The van der Waals surface area contributed by atoms with Gasteiger partial charge in [-0.05, 0) is 42.2 Å². The topological polar surface area (TPSA) is 37.7 Å². The van der Waals surface area contributed by atoms with Gasteiger partial charge < -0.3 is 14.2 Å². The van der Waals surface area contributed by atoms with Crippen molar-refractivity contribution in [2.75, 3.05) is 19.7 Å². The monoisotopic (exact) mass is 395 g/mol. The molecule has 3 saturated heterocycles. The van der Waals surface area contributed by atoms with Gasteiger partial charge in [0.2, 0.25) is 5.91 Å². The molecule has 1 amide bonds. The van der Waals surface area contributed by atoms with Crippen LogP contribution in [0.4, 0.5) is 0 Å². The second-order valence-corrected chi connectivity index (χ2v) is 9.55. The van der Waals surface area contributed by atoms with Gasteiger partial charge in [0.25, 0.3) is 0 Å². The summed E-state index contributed by atoms with van der Waals surface area (Å²) in [7, 11) is 2.17. The smallest absolute Gasteiger partial charge is 0.223 e. The van der Waals surface area contributed by atoms with Gasteiger partial charge in [-0.3, -0.25) is 9.69 Å². The zero-order valence-electron chi connectivity index (χ0n) is 17.9. The molecule has 0 spiro atoms. The third-order valence-corrected chi connectivity index (χ3v) is 7.47. The van der Waals surface area contributed by atoms with Gasteiger partial charge in [0, 0.05) is 44.3 Å². The molecular formula is C24H33N3O2. The Morgan fingerprint density at radius 2 is 2.03 bits per heavy atom. The zero-order valence-corrected chi connectivity index (χ0v) is 17.9. The Bertz CT molecular complexity index is 905. The predicted octanol–water partition coefficient (Wildman–Crippen LogP) is 3.41. The van der Waals surface area contributed by atoms with Crippen molar-refractivity contribution in [3.8, 4) is 0 Å². The average Bonchev–Trinajstić information content (AvgIpc) is 2.91. The number of nitrogens with zero attached hydrogens (tertiary/aromatic N) is 3. The molecule has 0 radical (unpaired) electrons. The lowest BCUT2D eigenvalue weighted by atomic mass is 9.81. The van der Waals surface area contributed by atoms with Crippen LogP contribution in [0.5, 0.6) is 0 Å². The van der Waals surface area contributed by atoms with E-state index in [1.54, 1.807) is 0 Å². The van der Waals surface area contributed by atoms with Gasteiger partial charge in [-0.25, -0.2) is 0 Å². The van der Waals surface area contributed by atoms with Crippen molar-refractivity contribution in [2.45, 2.75) is 57.8 Å². The fourth-order valence-electron chi connectivity index (χ4n) is 5.86. The highest BCUT2D eigenvalue weighted by Gasteiger charge is 2.49. The maximum Gasteiger partial charge on any atom is 0.223 e. The molecule has 1 aromatic carbocycles. The molecule has 5 nitrogen and oxygen atoms in total.